The molecule has 1 aromatic carbocycles. The van der Waals surface area contributed by atoms with Gasteiger partial charge in [-0.15, -0.1) is 0 Å². The molecule has 1 saturated heterocycles. The van der Waals surface area contributed by atoms with Gasteiger partial charge in [0.25, 0.3) is 0 Å². The van der Waals surface area contributed by atoms with Crippen molar-refractivity contribution >= 4 is 28.6 Å². The lowest BCUT2D eigenvalue weighted by molar-refractivity contribution is -0.145. The number of benzene rings is 1. The van der Waals surface area contributed by atoms with E-state index in [0.717, 1.165) is 43.4 Å². The van der Waals surface area contributed by atoms with Gasteiger partial charge >= 0.3 is 5.97 Å². The number of rotatable bonds is 11. The van der Waals surface area contributed by atoms with Crippen molar-refractivity contribution in [2.75, 3.05) is 13.7 Å². The van der Waals surface area contributed by atoms with E-state index in [2.05, 4.69) is 61.6 Å². The Morgan fingerprint density at radius 2 is 2.05 bits per heavy atom. The van der Waals surface area contributed by atoms with Gasteiger partial charge < -0.3 is 14.2 Å². The molecule has 206 valence electrons. The molecule has 0 N–H and O–H groups in total. The van der Waals surface area contributed by atoms with Crippen LogP contribution in [0.5, 0.6) is 5.75 Å². The first-order valence-corrected chi connectivity index (χ1v) is 15.5. The number of esters is 1. The molecule has 4 nitrogen and oxygen atoms in total. The number of halogens is 1. The molecule has 0 bridgehead atoms. The number of allylic oxidation sites excluding steroid dienone is 5. The zero-order valence-electron chi connectivity index (χ0n) is 23.4. The summed E-state index contributed by atoms with van der Waals surface area (Å²) in [5.74, 6) is 3.07. The first-order valence-electron chi connectivity index (χ1n) is 14.4. The van der Waals surface area contributed by atoms with Gasteiger partial charge in [0.1, 0.15) is 11.9 Å². The molecule has 0 amide bonds. The van der Waals surface area contributed by atoms with Crippen LogP contribution in [0.1, 0.15) is 71.3 Å². The predicted octanol–water partition coefficient (Wildman–Crippen LogP) is 8.21. The van der Waals surface area contributed by atoms with Crippen molar-refractivity contribution in [1.82, 2.24) is 0 Å². The van der Waals surface area contributed by atoms with E-state index in [1.165, 1.54) is 22.0 Å². The van der Waals surface area contributed by atoms with E-state index in [4.69, 9.17) is 14.2 Å². The molecule has 5 heteroatoms. The summed E-state index contributed by atoms with van der Waals surface area (Å²) in [6, 6.07) is 8.02. The summed E-state index contributed by atoms with van der Waals surface area (Å²) in [5.41, 5.74) is 4.47. The zero-order chi connectivity index (χ0) is 26.9. The number of hydrogen-bond acceptors (Lipinski definition) is 4. The fraction of sp³-hybridized carbons (Fsp3) is 0.606. The third-order valence-electron chi connectivity index (χ3n) is 9.71. The second kappa shape index (κ2) is 11.9. The topological polar surface area (TPSA) is 44.8 Å². The number of fused-ring (bicyclic) bond motifs is 3. The van der Waals surface area contributed by atoms with E-state index in [0.29, 0.717) is 42.3 Å². The molecule has 0 aromatic heterocycles. The van der Waals surface area contributed by atoms with E-state index in [-0.39, 0.29) is 18.0 Å². The first-order chi connectivity index (χ1) is 18.3. The van der Waals surface area contributed by atoms with Crippen LogP contribution in [-0.2, 0) is 20.9 Å². The summed E-state index contributed by atoms with van der Waals surface area (Å²) in [4.78, 5) is 13.0. The van der Waals surface area contributed by atoms with E-state index < -0.39 is 0 Å². The SMILES string of the molecule is COc1ccc(COC/C(C)=C/CC[C@@H](C)/C(I)=C/C[C@@H]2C(=O)O[C@@H]3[C@@H]2CCC2=CCC[C@]4(C)[C@H]3[C@H]24)cc1. The highest BCUT2D eigenvalue weighted by Gasteiger charge is 2.70. The Bertz CT molecular complexity index is 1100. The van der Waals surface area contributed by atoms with Gasteiger partial charge in [-0.25, -0.2) is 0 Å². The second-order valence-corrected chi connectivity index (χ2v) is 13.5. The molecule has 0 radical (unpaired) electrons. The summed E-state index contributed by atoms with van der Waals surface area (Å²) in [5, 5.41) is 0. The predicted molar refractivity (Wildman–Crippen MR) is 160 cm³/mol. The Hall–Kier alpha value is -1.60. The summed E-state index contributed by atoms with van der Waals surface area (Å²) in [7, 11) is 1.68. The lowest BCUT2D eigenvalue weighted by atomic mass is 9.79. The maximum Gasteiger partial charge on any atom is 0.309 e. The summed E-state index contributed by atoms with van der Waals surface area (Å²) < 4.78 is 18.6. The highest BCUT2D eigenvalue weighted by atomic mass is 127. The van der Waals surface area contributed by atoms with Crippen LogP contribution in [0.2, 0.25) is 0 Å². The van der Waals surface area contributed by atoms with Crippen LogP contribution in [0.15, 0.2) is 57.2 Å². The number of methoxy groups -OCH3 is 1. The molecule has 1 heterocycles. The Labute approximate surface area is 242 Å². The normalized spacial score (nSPS) is 33.0. The number of carbonyl (C=O) groups excluding carboxylic acids is 1. The van der Waals surface area contributed by atoms with Gasteiger partial charge in [-0.05, 0) is 113 Å². The summed E-state index contributed by atoms with van der Waals surface area (Å²) in [6.45, 7) is 8.13. The van der Waals surface area contributed by atoms with Gasteiger partial charge in [0.05, 0.1) is 26.2 Å². The number of ether oxygens (including phenoxy) is 3. The van der Waals surface area contributed by atoms with Crippen LogP contribution in [0.25, 0.3) is 0 Å². The van der Waals surface area contributed by atoms with Crippen molar-refractivity contribution in [3.8, 4) is 5.75 Å². The molecule has 5 rings (SSSR count). The van der Waals surface area contributed by atoms with Crippen LogP contribution < -0.4 is 4.74 Å². The Morgan fingerprint density at radius 1 is 1.26 bits per heavy atom. The monoisotopic (exact) mass is 630 g/mol. The Kier molecular flexibility index (Phi) is 8.73. The minimum atomic E-state index is 0.0335. The van der Waals surface area contributed by atoms with Crippen LogP contribution in [0.3, 0.4) is 0 Å². The van der Waals surface area contributed by atoms with Gasteiger partial charge in [-0.1, -0.05) is 55.4 Å². The van der Waals surface area contributed by atoms with Crippen molar-refractivity contribution in [3.63, 3.8) is 0 Å². The molecule has 1 aromatic rings. The molecule has 2 saturated carbocycles. The fourth-order valence-electron chi connectivity index (χ4n) is 7.39. The molecule has 3 fully saturated rings. The summed E-state index contributed by atoms with van der Waals surface area (Å²) >= 11 is 2.49. The van der Waals surface area contributed by atoms with E-state index in [1.54, 1.807) is 12.7 Å². The highest BCUT2D eigenvalue weighted by Crippen LogP contribution is 2.72. The van der Waals surface area contributed by atoms with Crippen molar-refractivity contribution in [1.29, 1.82) is 0 Å². The molecule has 1 aliphatic heterocycles. The van der Waals surface area contributed by atoms with E-state index in [9.17, 15) is 4.79 Å². The number of hydrogen-bond donors (Lipinski definition) is 0. The van der Waals surface area contributed by atoms with Gasteiger partial charge in [0.15, 0.2) is 0 Å². The Balaban J connectivity index is 1.07. The van der Waals surface area contributed by atoms with Gasteiger partial charge in [0.2, 0.25) is 0 Å². The van der Waals surface area contributed by atoms with Crippen LogP contribution >= 0.6 is 22.6 Å². The average molecular weight is 631 g/mol. The zero-order valence-corrected chi connectivity index (χ0v) is 25.5. The lowest BCUT2D eigenvalue weighted by Crippen LogP contribution is -2.25. The van der Waals surface area contributed by atoms with Crippen molar-refractivity contribution in [2.24, 2.45) is 35.0 Å². The second-order valence-electron chi connectivity index (χ2n) is 12.2. The molecule has 38 heavy (non-hydrogen) atoms. The largest absolute Gasteiger partial charge is 0.497 e. The smallest absolute Gasteiger partial charge is 0.309 e. The maximum atomic E-state index is 13.0. The fourth-order valence-corrected chi connectivity index (χ4v) is 7.95. The standard InChI is InChI=1S/C33H43IO4/c1-21(19-37-20-23-10-13-25(36-4)14-11-23)7-5-8-22(2)28(34)17-16-27-26-15-12-24-9-6-18-33(3)29(24)30(33)31(26)38-32(27)35/h7,9-11,13-14,17,22,26-27,29-31H,5-6,8,12,15-16,18-20H2,1-4H3/b21-7+,28-17-/t22-,26-,27+,29+,30+,31-,33+/m1/s1. The van der Waals surface area contributed by atoms with Gasteiger partial charge in [-0.3, -0.25) is 4.79 Å². The lowest BCUT2D eigenvalue weighted by Gasteiger charge is -2.25. The minimum Gasteiger partial charge on any atom is -0.497 e. The third kappa shape index (κ3) is 5.79. The molecule has 0 unspecified atom stereocenters. The quantitative estimate of drug-likeness (QED) is 0.141. The van der Waals surface area contributed by atoms with Crippen LogP contribution in [0.4, 0.5) is 0 Å². The van der Waals surface area contributed by atoms with Gasteiger partial charge in [0, 0.05) is 11.8 Å². The molecular weight excluding hydrogens is 587 g/mol. The molecule has 4 aliphatic rings. The highest BCUT2D eigenvalue weighted by molar-refractivity contribution is 14.1. The van der Waals surface area contributed by atoms with Crippen molar-refractivity contribution in [3.05, 3.63) is 62.8 Å². The summed E-state index contributed by atoms with van der Waals surface area (Å²) in [6.07, 6.45) is 15.0. The van der Waals surface area contributed by atoms with Gasteiger partial charge in [-0.2, -0.15) is 0 Å². The molecular formula is C33H43IO4. The third-order valence-corrected chi connectivity index (χ3v) is 11.2. The van der Waals surface area contributed by atoms with Crippen LogP contribution in [0, 0.1) is 35.0 Å². The van der Waals surface area contributed by atoms with Crippen molar-refractivity contribution < 1.29 is 19.0 Å². The van der Waals surface area contributed by atoms with E-state index in [1.807, 2.05) is 24.3 Å². The minimum absolute atomic E-state index is 0.0335. The average Bonchev–Trinajstić information content (AvgIpc) is 3.48. The number of carbonyl (C=O) groups is 1. The van der Waals surface area contributed by atoms with Crippen LogP contribution in [-0.4, -0.2) is 25.8 Å². The maximum absolute atomic E-state index is 13.0. The molecule has 3 aliphatic carbocycles. The van der Waals surface area contributed by atoms with Crippen molar-refractivity contribution in [2.45, 2.75) is 78.4 Å². The Morgan fingerprint density at radius 3 is 2.82 bits per heavy atom. The first kappa shape index (κ1) is 27.9. The van der Waals surface area contributed by atoms with E-state index >= 15 is 0 Å². The molecule has 7 atom stereocenters. The molecule has 0 spiro atoms.